The monoisotopic (exact) mass is 168 g/mol. The Morgan fingerprint density at radius 1 is 0.667 bits per heavy atom. The molecule has 0 aromatic carbocycles. The highest BCUT2D eigenvalue weighted by molar-refractivity contribution is 4.81. The molecule has 0 radical (unpaired) electrons. The van der Waals surface area contributed by atoms with Gasteiger partial charge in [0.05, 0.1) is 0 Å². The molecule has 0 aliphatic heterocycles. The molecule has 0 aromatic rings. The third-order valence-corrected chi connectivity index (χ3v) is 2.12. The molecule has 0 N–H and O–H groups in total. The fraction of sp³-hybridized carbons (Fsp3) is 0.833. The number of allylic oxidation sites excluding steroid dienone is 2. The molecule has 0 saturated heterocycles. The zero-order valence-electron chi connectivity index (χ0n) is 8.81. The van der Waals surface area contributed by atoms with Crippen LogP contribution in [0.1, 0.15) is 65.2 Å². The van der Waals surface area contributed by atoms with Gasteiger partial charge in [0.25, 0.3) is 0 Å². The summed E-state index contributed by atoms with van der Waals surface area (Å²) >= 11 is 0. The summed E-state index contributed by atoms with van der Waals surface area (Å²) < 4.78 is 0. The van der Waals surface area contributed by atoms with Crippen molar-refractivity contribution in [3.05, 3.63) is 12.2 Å². The smallest absolute Gasteiger partial charge is 0.0351 e. The van der Waals surface area contributed by atoms with Crippen molar-refractivity contribution in [3.8, 4) is 0 Å². The Hall–Kier alpha value is -0.260. The van der Waals surface area contributed by atoms with E-state index in [2.05, 4.69) is 26.0 Å². The van der Waals surface area contributed by atoms with Crippen LogP contribution in [0.15, 0.2) is 12.2 Å². The highest BCUT2D eigenvalue weighted by Crippen LogP contribution is 2.03. The minimum atomic E-state index is 1.29. The average Bonchev–Trinajstić information content (AvgIpc) is 2.10. The summed E-state index contributed by atoms with van der Waals surface area (Å²) in [5.41, 5.74) is 0. The number of hydrogen-bond acceptors (Lipinski definition) is 0. The molecule has 0 heterocycles. The Morgan fingerprint density at radius 2 is 1.08 bits per heavy atom. The molecule has 0 unspecified atom stereocenters. The lowest BCUT2D eigenvalue weighted by Crippen LogP contribution is -1.73. The molecule has 0 rings (SSSR count). The molecule has 0 fully saturated rings. The van der Waals surface area contributed by atoms with Crippen LogP contribution in [0.2, 0.25) is 0 Å². The summed E-state index contributed by atoms with van der Waals surface area (Å²) in [6.45, 7) is 4.51. The lowest BCUT2D eigenvalue weighted by atomic mass is 10.1. The van der Waals surface area contributed by atoms with E-state index in [4.69, 9.17) is 0 Å². The molecule has 12 heavy (non-hydrogen) atoms. The fourth-order valence-electron chi connectivity index (χ4n) is 1.26. The molecule has 0 atom stereocenters. The van der Waals surface area contributed by atoms with E-state index in [1.807, 2.05) is 0 Å². The molecule has 0 nitrogen and oxygen atoms in total. The standard InChI is InChI=1S/C12H24/c1-3-5-7-9-11-12-10-8-6-4-2/h11-12H,3-10H2,1-2H3/b12-11-. The van der Waals surface area contributed by atoms with E-state index in [1.165, 1.54) is 51.4 Å². The van der Waals surface area contributed by atoms with Gasteiger partial charge in [-0.05, 0) is 25.7 Å². The predicted octanol–water partition coefficient (Wildman–Crippen LogP) is 4.70. The van der Waals surface area contributed by atoms with Gasteiger partial charge in [0, 0.05) is 0 Å². The predicted molar refractivity (Wildman–Crippen MR) is 57.4 cm³/mol. The molecular formula is C12H24. The molecule has 0 heteroatoms. The normalized spacial score (nSPS) is 11.2. The van der Waals surface area contributed by atoms with E-state index in [0.29, 0.717) is 0 Å². The van der Waals surface area contributed by atoms with Crippen molar-refractivity contribution in [1.82, 2.24) is 0 Å². The van der Waals surface area contributed by atoms with E-state index in [9.17, 15) is 0 Å². The summed E-state index contributed by atoms with van der Waals surface area (Å²) in [5, 5.41) is 0. The van der Waals surface area contributed by atoms with Gasteiger partial charge in [-0.3, -0.25) is 0 Å². The van der Waals surface area contributed by atoms with Gasteiger partial charge >= 0.3 is 0 Å². The van der Waals surface area contributed by atoms with Crippen LogP contribution in [0.4, 0.5) is 0 Å². The van der Waals surface area contributed by atoms with E-state index >= 15 is 0 Å². The minimum absolute atomic E-state index is 1.29. The third-order valence-electron chi connectivity index (χ3n) is 2.12. The number of unbranched alkanes of at least 4 members (excludes halogenated alkanes) is 6. The van der Waals surface area contributed by atoms with Crippen molar-refractivity contribution in [2.24, 2.45) is 0 Å². The summed E-state index contributed by atoms with van der Waals surface area (Å²) in [6.07, 6.45) is 15.5. The van der Waals surface area contributed by atoms with Crippen molar-refractivity contribution in [2.45, 2.75) is 65.2 Å². The first kappa shape index (κ1) is 11.7. The second-order valence-electron chi connectivity index (χ2n) is 3.46. The van der Waals surface area contributed by atoms with Crippen LogP contribution in [-0.2, 0) is 0 Å². The number of rotatable bonds is 8. The van der Waals surface area contributed by atoms with Gasteiger partial charge in [-0.15, -0.1) is 0 Å². The van der Waals surface area contributed by atoms with Crippen LogP contribution < -0.4 is 0 Å². The first-order valence-corrected chi connectivity index (χ1v) is 5.56. The maximum Gasteiger partial charge on any atom is -0.0351 e. The molecule has 0 amide bonds. The van der Waals surface area contributed by atoms with Crippen LogP contribution in [0.5, 0.6) is 0 Å². The second-order valence-corrected chi connectivity index (χ2v) is 3.46. The van der Waals surface area contributed by atoms with Gasteiger partial charge in [-0.25, -0.2) is 0 Å². The van der Waals surface area contributed by atoms with Gasteiger partial charge in [-0.1, -0.05) is 51.7 Å². The SMILES string of the molecule is CCCCC/C=C\CCCCC. The van der Waals surface area contributed by atoms with Crippen LogP contribution in [0.25, 0.3) is 0 Å². The van der Waals surface area contributed by atoms with E-state index in [-0.39, 0.29) is 0 Å². The Kier molecular flexibility index (Phi) is 10.5. The Morgan fingerprint density at radius 3 is 1.42 bits per heavy atom. The van der Waals surface area contributed by atoms with Crippen molar-refractivity contribution < 1.29 is 0 Å². The third kappa shape index (κ3) is 9.74. The first-order valence-electron chi connectivity index (χ1n) is 5.56. The molecule has 0 aliphatic rings. The molecule has 0 spiro atoms. The summed E-state index contributed by atoms with van der Waals surface area (Å²) in [6, 6.07) is 0. The topological polar surface area (TPSA) is 0 Å². The summed E-state index contributed by atoms with van der Waals surface area (Å²) in [7, 11) is 0. The van der Waals surface area contributed by atoms with E-state index < -0.39 is 0 Å². The van der Waals surface area contributed by atoms with Crippen molar-refractivity contribution >= 4 is 0 Å². The zero-order valence-corrected chi connectivity index (χ0v) is 8.81. The minimum Gasteiger partial charge on any atom is -0.0885 e. The van der Waals surface area contributed by atoms with Crippen molar-refractivity contribution in [3.63, 3.8) is 0 Å². The summed E-state index contributed by atoms with van der Waals surface area (Å²) in [5.74, 6) is 0. The fourth-order valence-corrected chi connectivity index (χ4v) is 1.26. The maximum atomic E-state index is 2.35. The molecule has 0 bridgehead atoms. The van der Waals surface area contributed by atoms with Crippen molar-refractivity contribution in [1.29, 1.82) is 0 Å². The van der Waals surface area contributed by atoms with E-state index in [0.717, 1.165) is 0 Å². The van der Waals surface area contributed by atoms with Gasteiger partial charge in [0.1, 0.15) is 0 Å². The van der Waals surface area contributed by atoms with Crippen LogP contribution in [0.3, 0.4) is 0 Å². The molecule has 0 saturated carbocycles. The quantitative estimate of drug-likeness (QED) is 0.364. The van der Waals surface area contributed by atoms with Crippen LogP contribution in [0, 0.1) is 0 Å². The summed E-state index contributed by atoms with van der Waals surface area (Å²) in [4.78, 5) is 0. The molecular weight excluding hydrogens is 144 g/mol. The van der Waals surface area contributed by atoms with Crippen molar-refractivity contribution in [2.75, 3.05) is 0 Å². The van der Waals surface area contributed by atoms with Gasteiger partial charge in [-0.2, -0.15) is 0 Å². The van der Waals surface area contributed by atoms with Crippen LogP contribution >= 0.6 is 0 Å². The maximum absolute atomic E-state index is 2.35. The largest absolute Gasteiger partial charge is 0.0885 e. The first-order chi connectivity index (χ1) is 5.91. The second kappa shape index (κ2) is 10.7. The van der Waals surface area contributed by atoms with Gasteiger partial charge < -0.3 is 0 Å². The van der Waals surface area contributed by atoms with Gasteiger partial charge in [0.2, 0.25) is 0 Å². The number of hydrogen-bond donors (Lipinski definition) is 0. The molecule has 72 valence electrons. The zero-order chi connectivity index (χ0) is 9.07. The lowest BCUT2D eigenvalue weighted by molar-refractivity contribution is 0.715. The highest BCUT2D eigenvalue weighted by Gasteiger charge is 1.83. The van der Waals surface area contributed by atoms with E-state index in [1.54, 1.807) is 0 Å². The van der Waals surface area contributed by atoms with Crippen LogP contribution in [-0.4, -0.2) is 0 Å². The molecule has 0 aliphatic carbocycles. The Bertz CT molecular complexity index is 80.2. The average molecular weight is 168 g/mol. The van der Waals surface area contributed by atoms with Gasteiger partial charge in [0.15, 0.2) is 0 Å². The lowest BCUT2D eigenvalue weighted by Gasteiger charge is -1.93. The Balaban J connectivity index is 2.93. The molecule has 0 aromatic heterocycles. The Labute approximate surface area is 78.1 Å². The highest BCUT2D eigenvalue weighted by atomic mass is 13.9.